The Labute approximate surface area is 336 Å². The van der Waals surface area contributed by atoms with E-state index < -0.39 is 66.2 Å². The molecule has 6 amide bonds. The molecule has 0 saturated heterocycles. The third-order valence-corrected chi connectivity index (χ3v) is 9.19. The maximum Gasteiger partial charge on any atom is 0.251 e. The molecule has 3 aromatic carbocycles. The first-order chi connectivity index (χ1) is 27.7. The monoisotopic (exact) mass is 796 g/mol. The van der Waals surface area contributed by atoms with E-state index in [2.05, 4.69) is 36.9 Å². The number of carbonyl (C=O) groups excluding carboxylic acids is 6. The lowest BCUT2D eigenvalue weighted by molar-refractivity contribution is -0.133. The zero-order valence-electron chi connectivity index (χ0n) is 32.5. The summed E-state index contributed by atoms with van der Waals surface area (Å²) in [6, 6.07) is 17.5. The van der Waals surface area contributed by atoms with Crippen LogP contribution in [0.3, 0.4) is 0 Å². The van der Waals surface area contributed by atoms with E-state index >= 15 is 0 Å². The second kappa shape index (κ2) is 21.4. The molecule has 17 nitrogen and oxygen atoms in total. The minimum Gasteiger partial charge on any atom is -0.508 e. The van der Waals surface area contributed by atoms with Crippen LogP contribution in [-0.2, 0) is 36.8 Å². The number of amides is 6. The number of fused-ring (bicyclic) bond motifs is 1. The number of carbonyl (C=O) groups is 6. The average Bonchev–Trinajstić information content (AvgIpc) is 3.60. The third kappa shape index (κ3) is 13.7. The Hall–Kier alpha value is -6.91. The van der Waals surface area contributed by atoms with E-state index in [1.807, 2.05) is 44.2 Å². The number of hydrogen-bond acceptors (Lipinski definition) is 8. The van der Waals surface area contributed by atoms with Gasteiger partial charge in [0.1, 0.15) is 29.9 Å². The van der Waals surface area contributed by atoms with Crippen molar-refractivity contribution in [2.75, 3.05) is 13.1 Å². The summed E-state index contributed by atoms with van der Waals surface area (Å²) in [5, 5.41) is 33.8. The van der Waals surface area contributed by atoms with E-state index in [4.69, 9.17) is 16.9 Å². The van der Waals surface area contributed by atoms with Gasteiger partial charge in [-0.15, -0.1) is 0 Å². The van der Waals surface area contributed by atoms with Crippen molar-refractivity contribution in [3.63, 3.8) is 0 Å². The van der Waals surface area contributed by atoms with Gasteiger partial charge < -0.3 is 53.5 Å². The molecule has 4 rings (SSSR count). The van der Waals surface area contributed by atoms with Crippen LogP contribution in [0.15, 0.2) is 85.1 Å². The molecule has 1 heterocycles. The topological polar surface area (TPSA) is 287 Å². The quantitative estimate of drug-likeness (QED) is 0.0323. The Kier molecular flexibility index (Phi) is 16.2. The normalized spacial score (nSPS) is 13.0. The molecule has 4 aromatic rings. The van der Waals surface area contributed by atoms with Crippen molar-refractivity contribution >= 4 is 52.3 Å². The van der Waals surface area contributed by atoms with Gasteiger partial charge >= 0.3 is 0 Å². The number of phenolic OH excluding ortho intramolecular Hbond substituents is 1. The van der Waals surface area contributed by atoms with E-state index in [-0.39, 0.29) is 55.4 Å². The largest absolute Gasteiger partial charge is 0.508 e. The Balaban J connectivity index is 1.43. The number of H-pyrrole nitrogens is 1. The Bertz CT molecular complexity index is 2050. The predicted octanol–water partition coefficient (Wildman–Crippen LogP) is 0.823. The molecule has 0 aliphatic rings. The van der Waals surface area contributed by atoms with Gasteiger partial charge in [-0.3, -0.25) is 34.2 Å². The summed E-state index contributed by atoms with van der Waals surface area (Å²) < 4.78 is 0. The van der Waals surface area contributed by atoms with Crippen LogP contribution in [-0.4, -0.2) is 88.8 Å². The van der Waals surface area contributed by atoms with Crippen molar-refractivity contribution < 1.29 is 33.9 Å². The summed E-state index contributed by atoms with van der Waals surface area (Å²) in [6.45, 7) is 3.38. The molecule has 0 radical (unpaired) electrons. The van der Waals surface area contributed by atoms with Gasteiger partial charge in [-0.2, -0.15) is 0 Å². The minimum absolute atomic E-state index is 0.0274. The molecule has 0 saturated carbocycles. The smallest absolute Gasteiger partial charge is 0.251 e. The fourth-order valence-corrected chi connectivity index (χ4v) is 6.24. The number of aromatic hydroxyl groups is 1. The lowest BCUT2D eigenvalue weighted by atomic mass is 10.0. The van der Waals surface area contributed by atoms with E-state index in [1.54, 1.807) is 30.5 Å². The summed E-state index contributed by atoms with van der Waals surface area (Å²) in [7, 11) is 0. The molecule has 4 atom stereocenters. The third-order valence-electron chi connectivity index (χ3n) is 9.19. The van der Waals surface area contributed by atoms with Crippen LogP contribution in [0.2, 0.25) is 0 Å². The first kappa shape index (κ1) is 43.8. The zero-order chi connectivity index (χ0) is 42.2. The van der Waals surface area contributed by atoms with Gasteiger partial charge in [0.05, 0.1) is 6.54 Å². The summed E-state index contributed by atoms with van der Waals surface area (Å²) >= 11 is 0. The number of hydrogen-bond donors (Lipinski definition) is 11. The SMILES string of the molecule is CC(C)C[C@H](NC(=O)CNC(=O)[C@H](Cc1ccccc1)NC(=O)c1ccc(O)cc1)C(=O)N[C@@H](CCCNC(=N)N)C(=O)N[C@@H](Cc1c[nH]c2ccccc12)C(N)=O. The molecule has 0 fully saturated rings. The van der Waals surface area contributed by atoms with Crippen LogP contribution in [0, 0.1) is 11.3 Å². The summed E-state index contributed by atoms with van der Waals surface area (Å²) in [4.78, 5) is 82.9. The number of nitrogens with one attached hydrogen (secondary N) is 8. The number of para-hydroxylation sites is 1. The van der Waals surface area contributed by atoms with Crippen molar-refractivity contribution in [1.29, 1.82) is 5.41 Å². The van der Waals surface area contributed by atoms with Gasteiger partial charge in [0.25, 0.3) is 5.91 Å². The molecular formula is C41H52N10O7. The second-order valence-corrected chi connectivity index (χ2v) is 14.3. The molecule has 0 spiro atoms. The number of aromatic nitrogens is 1. The van der Waals surface area contributed by atoms with E-state index in [0.29, 0.717) is 6.42 Å². The first-order valence-electron chi connectivity index (χ1n) is 18.9. The summed E-state index contributed by atoms with van der Waals surface area (Å²) in [6.07, 6.45) is 2.48. The number of primary amides is 1. The minimum atomic E-state index is -1.17. The molecule has 58 heavy (non-hydrogen) atoms. The zero-order valence-corrected chi connectivity index (χ0v) is 32.5. The predicted molar refractivity (Wildman–Crippen MR) is 218 cm³/mol. The Morgan fingerprint density at radius 3 is 2.05 bits per heavy atom. The molecular weight excluding hydrogens is 745 g/mol. The van der Waals surface area contributed by atoms with Gasteiger partial charge in [0.2, 0.25) is 29.5 Å². The molecule has 0 aliphatic heterocycles. The van der Waals surface area contributed by atoms with Gasteiger partial charge in [-0.05, 0) is 66.6 Å². The highest BCUT2D eigenvalue weighted by Crippen LogP contribution is 2.19. The van der Waals surface area contributed by atoms with Gasteiger partial charge in [0, 0.05) is 42.0 Å². The summed E-state index contributed by atoms with van der Waals surface area (Å²) in [5.41, 5.74) is 13.7. The van der Waals surface area contributed by atoms with Crippen LogP contribution < -0.4 is 43.4 Å². The number of rotatable bonds is 21. The standard InChI is InChI=1S/C41H52N10O7/c1-24(2)19-33(48-35(53)23-47-38(56)34(20-25-9-4-3-5-10-25)51-37(55)26-14-16-28(52)17-15-26)40(58)49-31(13-8-18-45-41(43)44)39(57)50-32(36(42)54)21-27-22-46-30-12-7-6-11-29(27)30/h3-7,9-12,14-17,22,24,31-34,46,52H,8,13,18-21,23H2,1-2H3,(H2,42,54)(H,47,56)(H,48,53)(H,49,58)(H,50,57)(H,51,55)(H4,43,44,45)/t31-,32-,33-,34-/m0/s1. The maximum absolute atomic E-state index is 13.8. The molecule has 308 valence electrons. The van der Waals surface area contributed by atoms with Gasteiger partial charge in [-0.25, -0.2) is 0 Å². The van der Waals surface area contributed by atoms with Crippen LogP contribution in [0.4, 0.5) is 0 Å². The number of nitrogens with two attached hydrogens (primary N) is 2. The van der Waals surface area contributed by atoms with Crippen LogP contribution >= 0.6 is 0 Å². The Morgan fingerprint density at radius 1 is 0.724 bits per heavy atom. The fraction of sp³-hybridized carbons (Fsp3) is 0.341. The highest BCUT2D eigenvalue weighted by Gasteiger charge is 2.30. The molecule has 0 aliphatic carbocycles. The van der Waals surface area contributed by atoms with Gasteiger partial charge in [-0.1, -0.05) is 62.4 Å². The van der Waals surface area contributed by atoms with E-state index in [1.165, 1.54) is 24.3 Å². The molecule has 1 aromatic heterocycles. The van der Waals surface area contributed by atoms with Gasteiger partial charge in [0.15, 0.2) is 5.96 Å². The van der Waals surface area contributed by atoms with Crippen LogP contribution in [0.5, 0.6) is 5.75 Å². The average molecular weight is 797 g/mol. The van der Waals surface area contributed by atoms with Crippen molar-refractivity contribution in [2.45, 2.75) is 70.1 Å². The van der Waals surface area contributed by atoms with Crippen molar-refractivity contribution in [2.24, 2.45) is 17.4 Å². The number of phenols is 1. The number of benzene rings is 3. The van der Waals surface area contributed by atoms with E-state index in [0.717, 1.165) is 22.0 Å². The fourth-order valence-electron chi connectivity index (χ4n) is 6.24. The van der Waals surface area contributed by atoms with E-state index in [9.17, 15) is 33.9 Å². The van der Waals surface area contributed by atoms with Crippen molar-refractivity contribution in [3.8, 4) is 5.75 Å². The number of aromatic amines is 1. The van der Waals surface area contributed by atoms with Crippen molar-refractivity contribution in [1.82, 2.24) is 36.9 Å². The van der Waals surface area contributed by atoms with Crippen LogP contribution in [0.25, 0.3) is 10.9 Å². The second-order valence-electron chi connectivity index (χ2n) is 14.3. The maximum atomic E-state index is 13.8. The highest BCUT2D eigenvalue weighted by atomic mass is 16.3. The molecule has 17 heteroatoms. The first-order valence-corrected chi connectivity index (χ1v) is 18.9. The molecule has 0 bridgehead atoms. The number of guanidine groups is 1. The Morgan fingerprint density at radius 2 is 1.38 bits per heavy atom. The van der Waals surface area contributed by atoms with Crippen molar-refractivity contribution in [3.05, 3.63) is 102 Å². The highest BCUT2D eigenvalue weighted by molar-refractivity contribution is 5.99. The molecule has 0 unspecified atom stereocenters. The lowest BCUT2D eigenvalue weighted by Gasteiger charge is -2.26. The lowest BCUT2D eigenvalue weighted by Crippen LogP contribution is -2.57. The van der Waals surface area contributed by atoms with Crippen LogP contribution in [0.1, 0.15) is 54.6 Å². The molecule has 13 N–H and O–H groups in total. The summed E-state index contributed by atoms with van der Waals surface area (Å²) in [5.74, 6) is -4.43.